The largest absolute Gasteiger partial charge is 0.490 e. The molecule has 1 amide bonds. The van der Waals surface area contributed by atoms with Gasteiger partial charge in [0.25, 0.3) is 0 Å². The van der Waals surface area contributed by atoms with Crippen molar-refractivity contribution in [2.24, 2.45) is 5.73 Å². The van der Waals surface area contributed by atoms with Crippen molar-refractivity contribution in [3.05, 3.63) is 18.1 Å². The van der Waals surface area contributed by atoms with Crippen LogP contribution in [-0.2, 0) is 41.1 Å². The van der Waals surface area contributed by atoms with Gasteiger partial charge >= 0.3 is 29.6 Å². The third-order valence-corrected chi connectivity index (χ3v) is 13.3. The number of phosphoric ester groups is 1. The summed E-state index contributed by atoms with van der Waals surface area (Å²) in [5.41, 5.74) is 12.3. The quantitative estimate of drug-likeness (QED) is 0.0352. The Morgan fingerprint density at radius 2 is 1.90 bits per heavy atom. The highest BCUT2D eigenvalue weighted by Crippen LogP contribution is 2.66. The third kappa shape index (κ3) is 13.9. The molecule has 27 heteroatoms. The maximum atomic E-state index is 12.3. The van der Waals surface area contributed by atoms with Crippen LogP contribution in [-0.4, -0.2) is 102 Å². The highest BCUT2D eigenvalue weighted by atomic mass is 33.1. The average molecular weight is 815 g/mol. The molecule has 270 valence electrons. The lowest BCUT2D eigenvalue weighted by Crippen LogP contribution is -2.28. The second-order valence-electron chi connectivity index (χ2n) is 8.99. The van der Waals surface area contributed by atoms with Crippen molar-refractivity contribution in [3.63, 3.8) is 0 Å². The molecule has 1 saturated heterocycles. The minimum Gasteiger partial charge on any atom is -0.449 e. The van der Waals surface area contributed by atoms with Gasteiger partial charge in [0.05, 0.1) is 30.2 Å². The molecule has 1 aliphatic rings. The van der Waals surface area contributed by atoms with Crippen molar-refractivity contribution >= 4 is 89.6 Å². The molecule has 20 nitrogen and oxygen atoms in total. The molecule has 0 aliphatic carbocycles. The van der Waals surface area contributed by atoms with Gasteiger partial charge in [-0.05, 0) is 6.26 Å². The van der Waals surface area contributed by atoms with Gasteiger partial charge in [-0.1, -0.05) is 55.0 Å². The van der Waals surface area contributed by atoms with Gasteiger partial charge in [0.15, 0.2) is 0 Å². The number of hydrogen-bond acceptors (Lipinski definition) is 18. The zero-order valence-corrected chi connectivity index (χ0v) is 30.8. The lowest BCUT2D eigenvalue weighted by molar-refractivity contribution is -0.0520. The van der Waals surface area contributed by atoms with Gasteiger partial charge in [-0.25, -0.2) is 28.5 Å². The minimum absolute atomic E-state index is 0.0419. The van der Waals surface area contributed by atoms with Crippen LogP contribution in [0.5, 0.6) is 0 Å². The molecular formula is C21H33N6O14P3S4. The summed E-state index contributed by atoms with van der Waals surface area (Å²) in [5.74, 6) is 7.45. The van der Waals surface area contributed by atoms with E-state index in [1.165, 1.54) is 27.9 Å². The second-order valence-corrected chi connectivity index (χ2v) is 18.6. The fraction of sp³-hybridized carbons (Fsp3) is 0.571. The van der Waals surface area contributed by atoms with Crippen LogP contribution in [0.1, 0.15) is 18.2 Å². The molecule has 1 fully saturated rings. The van der Waals surface area contributed by atoms with Gasteiger partial charge in [-0.3, -0.25) is 4.52 Å². The first-order valence-electron chi connectivity index (χ1n) is 13.3. The molecule has 9 N–H and O–H groups in total. The lowest BCUT2D eigenvalue weighted by Gasteiger charge is -2.21. The molecule has 3 rings (SSSR count). The van der Waals surface area contributed by atoms with Gasteiger partial charge in [0.2, 0.25) is 0 Å². The lowest BCUT2D eigenvalue weighted by atomic mass is 10.2. The summed E-state index contributed by atoms with van der Waals surface area (Å²) in [7, 11) is -10.8. The Bertz CT molecular complexity index is 1590. The van der Waals surface area contributed by atoms with Crippen LogP contribution in [0.2, 0.25) is 0 Å². The molecule has 0 aromatic carbocycles. The van der Waals surface area contributed by atoms with Crippen LogP contribution in [0.25, 0.3) is 11.0 Å². The van der Waals surface area contributed by atoms with E-state index in [2.05, 4.69) is 35.7 Å². The first kappa shape index (κ1) is 41.4. The van der Waals surface area contributed by atoms with Crippen molar-refractivity contribution in [2.45, 2.75) is 24.9 Å². The summed E-state index contributed by atoms with van der Waals surface area (Å²) in [6, 6.07) is 0. The normalized spacial score (nSPS) is 20.5. The van der Waals surface area contributed by atoms with E-state index in [-0.39, 0.29) is 31.3 Å². The number of nitrogens with two attached hydrogens (primary N) is 2. The highest BCUT2D eigenvalue weighted by molar-refractivity contribution is 8.76. The Balaban J connectivity index is 1.72. The van der Waals surface area contributed by atoms with E-state index in [9.17, 15) is 28.3 Å². The SMILES string of the molecule is CSSCOC1C[C@H](n2cc(C#CCNC(=O)OCCSSCCN)c3c(N)ncnc32)O[C@@H]1COP(=O)(O)OP(=O)(O)OP(=O)(O)O. The van der Waals surface area contributed by atoms with Crippen molar-refractivity contribution in [2.75, 3.05) is 55.7 Å². The van der Waals surface area contributed by atoms with Crippen LogP contribution >= 0.6 is 66.6 Å². The van der Waals surface area contributed by atoms with Gasteiger partial charge < -0.3 is 55.1 Å². The number of amides is 1. The van der Waals surface area contributed by atoms with E-state index in [1.807, 2.05) is 6.26 Å². The number of hydrogen-bond donors (Lipinski definition) is 7. The van der Waals surface area contributed by atoms with Crippen LogP contribution < -0.4 is 16.8 Å². The first-order chi connectivity index (χ1) is 22.6. The maximum absolute atomic E-state index is 12.3. The van der Waals surface area contributed by atoms with Gasteiger partial charge in [0.1, 0.15) is 42.7 Å². The first-order valence-corrected chi connectivity index (χ1v) is 23.0. The highest BCUT2D eigenvalue weighted by Gasteiger charge is 2.43. The van der Waals surface area contributed by atoms with E-state index in [1.54, 1.807) is 32.4 Å². The smallest absolute Gasteiger partial charge is 0.449 e. The molecule has 0 spiro atoms. The number of ether oxygens (including phenoxy) is 3. The van der Waals surface area contributed by atoms with Crippen molar-refractivity contribution in [1.82, 2.24) is 19.9 Å². The molecule has 48 heavy (non-hydrogen) atoms. The number of aromatic nitrogens is 3. The Labute approximate surface area is 290 Å². The Morgan fingerprint density at radius 1 is 1.15 bits per heavy atom. The molecule has 2 aromatic rings. The summed E-state index contributed by atoms with van der Waals surface area (Å²) in [6.07, 6.45) is 1.58. The monoisotopic (exact) mass is 814 g/mol. The Morgan fingerprint density at radius 3 is 2.60 bits per heavy atom. The second kappa shape index (κ2) is 19.5. The number of anilines is 1. The van der Waals surface area contributed by atoms with Crippen LogP contribution in [0, 0.1) is 11.8 Å². The van der Waals surface area contributed by atoms with Crippen LogP contribution in [0.3, 0.4) is 0 Å². The van der Waals surface area contributed by atoms with E-state index < -0.39 is 54.6 Å². The predicted octanol–water partition coefficient (Wildman–Crippen LogP) is 2.42. The standard InChI is InChI=1S/C21H33N6O14P3S4/c1-45-48-13-37-15-9-17(39-16(15)11-38-43(32,33)41-44(34,35)40-42(29,30)31)27-10-14(18-19(23)25-12-26-20(18)27)3-2-5-24-21(28)36-6-8-47-46-7-4-22/h10,12,15-17H,4-9,11,13,22H2,1H3,(H,24,28)(H,32,33)(H,34,35)(H2,23,25,26)(H2,29,30,31)/t15?,16-,17-/m1/s1. The van der Waals surface area contributed by atoms with E-state index in [4.69, 9.17) is 40.0 Å². The van der Waals surface area contributed by atoms with Crippen molar-refractivity contribution in [3.8, 4) is 11.8 Å². The topological polar surface area (TPSA) is 299 Å². The van der Waals surface area contributed by atoms with Crippen LogP contribution in [0.15, 0.2) is 12.5 Å². The Kier molecular flexibility index (Phi) is 16.8. The Hall–Kier alpha value is -1.06. The molecular weight excluding hydrogens is 781 g/mol. The van der Waals surface area contributed by atoms with Crippen molar-refractivity contribution < 1.29 is 65.4 Å². The summed E-state index contributed by atoms with van der Waals surface area (Å²) in [4.78, 5) is 57.1. The number of fused-ring (bicyclic) bond motifs is 1. The van der Waals surface area contributed by atoms with Gasteiger partial charge in [-0.15, -0.1) is 0 Å². The fourth-order valence-corrected chi connectivity index (χ4v) is 9.39. The predicted molar refractivity (Wildman–Crippen MR) is 181 cm³/mol. The molecule has 5 atom stereocenters. The number of phosphoric acid groups is 3. The molecule has 0 saturated carbocycles. The summed E-state index contributed by atoms with van der Waals surface area (Å²) in [5, 5.41) is 2.93. The molecule has 3 heterocycles. The minimum atomic E-state index is -5.71. The number of nitrogens with one attached hydrogen (secondary N) is 1. The fourth-order valence-electron chi connectivity index (χ4n) is 3.89. The zero-order valence-electron chi connectivity index (χ0n) is 24.9. The number of carbonyl (C=O) groups excluding carboxylic acids is 1. The maximum Gasteiger partial charge on any atom is 0.490 e. The summed E-state index contributed by atoms with van der Waals surface area (Å²) in [6.45, 7) is 0.0217. The summed E-state index contributed by atoms with van der Waals surface area (Å²) >= 11 is 0. The van der Waals surface area contributed by atoms with E-state index >= 15 is 0 Å². The number of carbonyl (C=O) groups is 1. The number of nitrogen functional groups attached to an aromatic ring is 1. The number of rotatable bonds is 19. The van der Waals surface area contributed by atoms with Gasteiger partial charge in [0, 0.05) is 30.7 Å². The molecule has 0 bridgehead atoms. The molecule has 0 radical (unpaired) electrons. The van der Waals surface area contributed by atoms with Gasteiger partial charge in [-0.2, -0.15) is 8.62 Å². The molecule has 3 unspecified atom stereocenters. The summed E-state index contributed by atoms with van der Waals surface area (Å²) < 4.78 is 65.9. The number of nitrogens with zero attached hydrogens (tertiary/aromatic N) is 3. The zero-order chi connectivity index (χ0) is 35.4. The number of alkyl carbamates (subject to hydrolysis) is 1. The third-order valence-electron chi connectivity index (χ3n) is 5.62. The average Bonchev–Trinajstić information content (AvgIpc) is 3.56. The molecule has 1 aliphatic heterocycles. The van der Waals surface area contributed by atoms with Crippen LogP contribution in [0.4, 0.5) is 10.6 Å². The van der Waals surface area contributed by atoms with Crippen molar-refractivity contribution in [1.29, 1.82) is 0 Å². The molecule has 2 aromatic heterocycles. The van der Waals surface area contributed by atoms with E-state index in [0.717, 1.165) is 5.75 Å². The van der Waals surface area contributed by atoms with E-state index in [0.29, 0.717) is 28.9 Å².